The molecule has 0 fully saturated rings. The minimum Gasteiger partial charge on any atom is -0.404 e. The van der Waals surface area contributed by atoms with Gasteiger partial charge in [-0.05, 0) is 19.8 Å². The second kappa shape index (κ2) is 8.44. The van der Waals surface area contributed by atoms with E-state index in [9.17, 15) is 0 Å². The molecule has 0 N–H and O–H groups in total. The van der Waals surface area contributed by atoms with Gasteiger partial charge < -0.3 is 13.9 Å². The Hall–Kier alpha value is -0.163. The van der Waals surface area contributed by atoms with E-state index in [-0.39, 0.29) is 12.6 Å². The molecule has 0 aliphatic carbocycles. The van der Waals surface area contributed by atoms with Gasteiger partial charge in [0.05, 0.1) is 6.61 Å². The van der Waals surface area contributed by atoms with Crippen LogP contribution in [0.4, 0.5) is 0 Å². The minimum atomic E-state index is -0.196. The van der Waals surface area contributed by atoms with Crippen molar-refractivity contribution in [3.63, 3.8) is 0 Å². The largest absolute Gasteiger partial charge is 0.404 e. The Morgan fingerprint density at radius 2 is 2.23 bits per heavy atom. The summed E-state index contributed by atoms with van der Waals surface area (Å²) in [7, 11) is 0.696. The van der Waals surface area contributed by atoms with Crippen LogP contribution in [-0.4, -0.2) is 29.7 Å². The zero-order valence-electron chi connectivity index (χ0n) is 8.79. The Balaban J connectivity index is 3.47. The van der Waals surface area contributed by atoms with Crippen molar-refractivity contribution in [3.8, 4) is 0 Å². The summed E-state index contributed by atoms with van der Waals surface area (Å²) in [6.45, 7) is 8.17. The molecule has 78 valence electrons. The SMILES string of the molecule is C=CCCOC(C)OC(CC)O[SiH3]. The van der Waals surface area contributed by atoms with Crippen molar-refractivity contribution in [2.75, 3.05) is 6.61 Å². The van der Waals surface area contributed by atoms with Crippen LogP contribution in [0.15, 0.2) is 12.7 Å². The summed E-state index contributed by atoms with van der Waals surface area (Å²) >= 11 is 0. The van der Waals surface area contributed by atoms with Gasteiger partial charge >= 0.3 is 0 Å². The lowest BCUT2D eigenvalue weighted by molar-refractivity contribution is -0.209. The second-order valence-corrected chi connectivity index (χ2v) is 3.20. The Morgan fingerprint density at radius 3 is 2.69 bits per heavy atom. The average Bonchev–Trinajstić information content (AvgIpc) is 2.14. The molecular weight excluding hydrogens is 184 g/mol. The fraction of sp³-hybridized carbons (Fsp3) is 0.778. The van der Waals surface area contributed by atoms with Crippen LogP contribution in [0, 0.1) is 0 Å². The smallest absolute Gasteiger partial charge is 0.157 e. The summed E-state index contributed by atoms with van der Waals surface area (Å²) in [5.74, 6) is 0. The molecule has 0 aromatic heterocycles. The highest BCUT2D eigenvalue weighted by molar-refractivity contribution is 5.98. The Kier molecular flexibility index (Phi) is 8.33. The molecule has 0 amide bonds. The molecule has 0 heterocycles. The third-order valence-electron chi connectivity index (χ3n) is 1.61. The zero-order valence-corrected chi connectivity index (χ0v) is 10.8. The van der Waals surface area contributed by atoms with Crippen molar-refractivity contribution in [1.82, 2.24) is 0 Å². The van der Waals surface area contributed by atoms with E-state index in [1.165, 1.54) is 0 Å². The highest BCUT2D eigenvalue weighted by atomic mass is 28.2. The lowest BCUT2D eigenvalue weighted by Gasteiger charge is -2.20. The maximum Gasteiger partial charge on any atom is 0.157 e. The van der Waals surface area contributed by atoms with E-state index in [2.05, 4.69) is 6.58 Å². The normalized spacial score (nSPS) is 15.5. The van der Waals surface area contributed by atoms with Crippen LogP contribution in [0.2, 0.25) is 0 Å². The van der Waals surface area contributed by atoms with Crippen LogP contribution in [0.3, 0.4) is 0 Å². The zero-order chi connectivity index (χ0) is 10.1. The highest BCUT2D eigenvalue weighted by Crippen LogP contribution is 2.04. The van der Waals surface area contributed by atoms with Gasteiger partial charge in [0.15, 0.2) is 6.29 Å². The van der Waals surface area contributed by atoms with Gasteiger partial charge in [-0.25, -0.2) is 0 Å². The van der Waals surface area contributed by atoms with Gasteiger partial charge in [0, 0.05) is 0 Å². The fourth-order valence-electron chi connectivity index (χ4n) is 0.889. The predicted molar refractivity (Wildman–Crippen MR) is 56.4 cm³/mol. The van der Waals surface area contributed by atoms with Crippen molar-refractivity contribution in [3.05, 3.63) is 12.7 Å². The van der Waals surface area contributed by atoms with E-state index in [0.717, 1.165) is 12.8 Å². The van der Waals surface area contributed by atoms with Gasteiger partial charge in [-0.15, -0.1) is 6.58 Å². The first-order valence-corrected chi connectivity index (χ1v) is 5.47. The first kappa shape index (κ1) is 12.8. The Morgan fingerprint density at radius 1 is 1.54 bits per heavy atom. The van der Waals surface area contributed by atoms with Crippen molar-refractivity contribution >= 4 is 10.5 Å². The Bertz CT molecular complexity index is 126. The van der Waals surface area contributed by atoms with E-state index in [1.54, 1.807) is 0 Å². The average molecular weight is 204 g/mol. The van der Waals surface area contributed by atoms with Crippen LogP contribution in [0.1, 0.15) is 26.7 Å². The van der Waals surface area contributed by atoms with Crippen LogP contribution < -0.4 is 0 Å². The third-order valence-corrected chi connectivity index (χ3v) is 2.14. The van der Waals surface area contributed by atoms with E-state index in [4.69, 9.17) is 13.9 Å². The topological polar surface area (TPSA) is 27.7 Å². The van der Waals surface area contributed by atoms with Crippen LogP contribution in [0.25, 0.3) is 0 Å². The highest BCUT2D eigenvalue weighted by Gasteiger charge is 2.09. The molecule has 0 aliphatic rings. The molecule has 2 unspecified atom stereocenters. The Labute approximate surface area is 83.6 Å². The monoisotopic (exact) mass is 204 g/mol. The van der Waals surface area contributed by atoms with Crippen LogP contribution in [0.5, 0.6) is 0 Å². The van der Waals surface area contributed by atoms with Gasteiger partial charge in [-0.3, -0.25) is 0 Å². The summed E-state index contributed by atoms with van der Waals surface area (Å²) in [6, 6.07) is 0. The summed E-state index contributed by atoms with van der Waals surface area (Å²) in [4.78, 5) is 0. The van der Waals surface area contributed by atoms with Gasteiger partial charge in [0.2, 0.25) is 0 Å². The molecule has 0 aromatic rings. The molecule has 0 saturated heterocycles. The van der Waals surface area contributed by atoms with E-state index in [0.29, 0.717) is 17.1 Å². The first-order valence-electron chi connectivity index (χ1n) is 4.65. The molecule has 0 aromatic carbocycles. The maximum absolute atomic E-state index is 5.45. The summed E-state index contributed by atoms with van der Waals surface area (Å²) < 4.78 is 16.0. The quantitative estimate of drug-likeness (QED) is 0.255. The molecule has 0 rings (SSSR count). The molecule has 2 atom stereocenters. The van der Waals surface area contributed by atoms with E-state index >= 15 is 0 Å². The third kappa shape index (κ3) is 6.95. The van der Waals surface area contributed by atoms with E-state index < -0.39 is 0 Å². The lowest BCUT2D eigenvalue weighted by atomic mass is 10.4. The van der Waals surface area contributed by atoms with Crippen molar-refractivity contribution in [2.24, 2.45) is 0 Å². The molecule has 0 radical (unpaired) electrons. The molecule has 13 heavy (non-hydrogen) atoms. The molecule has 3 nitrogen and oxygen atoms in total. The second-order valence-electron chi connectivity index (χ2n) is 2.73. The first-order chi connectivity index (χ1) is 6.24. The number of rotatable bonds is 8. The maximum atomic E-state index is 5.45. The van der Waals surface area contributed by atoms with Crippen LogP contribution >= 0.6 is 0 Å². The van der Waals surface area contributed by atoms with Gasteiger partial charge in [-0.1, -0.05) is 13.0 Å². The number of ether oxygens (including phenoxy) is 2. The minimum absolute atomic E-state index is 0.106. The number of hydrogen-bond acceptors (Lipinski definition) is 3. The van der Waals surface area contributed by atoms with Gasteiger partial charge in [0.25, 0.3) is 0 Å². The van der Waals surface area contributed by atoms with Crippen molar-refractivity contribution < 1.29 is 13.9 Å². The van der Waals surface area contributed by atoms with Crippen LogP contribution in [-0.2, 0) is 13.9 Å². The molecule has 0 aliphatic heterocycles. The van der Waals surface area contributed by atoms with Gasteiger partial charge in [-0.2, -0.15) is 0 Å². The summed E-state index contributed by atoms with van der Waals surface area (Å²) in [6.07, 6.45) is 3.24. The molecule has 0 saturated carbocycles. The van der Waals surface area contributed by atoms with Crippen molar-refractivity contribution in [1.29, 1.82) is 0 Å². The van der Waals surface area contributed by atoms with Crippen molar-refractivity contribution in [2.45, 2.75) is 39.3 Å². The fourth-order valence-corrected chi connectivity index (χ4v) is 1.33. The van der Waals surface area contributed by atoms with E-state index in [1.807, 2.05) is 19.9 Å². The molecular formula is C9H20O3Si. The standard InChI is InChI=1S/C9H20O3Si/c1-4-6-7-10-8(3)11-9(5-2)12-13/h4,8-9H,1,5-7H2,2-3,13H3. The number of hydrogen-bond donors (Lipinski definition) is 0. The summed E-state index contributed by atoms with van der Waals surface area (Å²) in [5.41, 5.74) is 0. The predicted octanol–water partition coefficient (Wildman–Crippen LogP) is 0.975. The lowest BCUT2D eigenvalue weighted by Crippen LogP contribution is -2.23. The molecule has 0 spiro atoms. The molecule has 0 bridgehead atoms. The molecule has 4 heteroatoms. The summed E-state index contributed by atoms with van der Waals surface area (Å²) in [5, 5.41) is 0. The van der Waals surface area contributed by atoms with Gasteiger partial charge in [0.1, 0.15) is 16.8 Å².